The molecule has 1 saturated heterocycles. The molecule has 4 nitrogen and oxygen atoms in total. The number of hydrogen-bond acceptors (Lipinski definition) is 2. The third kappa shape index (κ3) is 2.62. The minimum Gasteiger partial charge on any atom is -0.337 e. The summed E-state index contributed by atoms with van der Waals surface area (Å²) >= 11 is 0. The number of urea groups is 1. The average Bonchev–Trinajstić information content (AvgIpc) is 2.40. The maximum Gasteiger partial charge on any atom is 0.324 e. The van der Waals surface area contributed by atoms with Gasteiger partial charge in [-0.1, -0.05) is 31.2 Å². The first kappa shape index (κ1) is 13.6. The molecule has 19 heavy (non-hydrogen) atoms. The standard InChI is InChI=1S/C15H20N2O2/c1-4-11-7-5-6-8-12(11)9-17-13(18)15(2,3)10-16-14(17)19/h5-8H,4,9-10H2,1-3H3,(H,16,19). The number of nitrogens with zero attached hydrogens (tertiary/aromatic N) is 1. The van der Waals surface area contributed by atoms with Crippen LogP contribution in [-0.2, 0) is 17.8 Å². The quantitative estimate of drug-likeness (QED) is 0.906. The fourth-order valence-electron chi connectivity index (χ4n) is 2.30. The van der Waals surface area contributed by atoms with Gasteiger partial charge in [-0.15, -0.1) is 0 Å². The summed E-state index contributed by atoms with van der Waals surface area (Å²) in [7, 11) is 0. The second-order valence-electron chi connectivity index (χ2n) is 5.56. The zero-order valence-electron chi connectivity index (χ0n) is 11.7. The van der Waals surface area contributed by atoms with Crippen LogP contribution in [-0.4, -0.2) is 23.4 Å². The van der Waals surface area contributed by atoms with E-state index in [1.165, 1.54) is 10.5 Å². The number of imide groups is 1. The summed E-state index contributed by atoms with van der Waals surface area (Å²) in [4.78, 5) is 25.5. The van der Waals surface area contributed by atoms with Crippen LogP contribution in [0, 0.1) is 5.41 Å². The number of carbonyl (C=O) groups excluding carboxylic acids is 2. The van der Waals surface area contributed by atoms with Crippen molar-refractivity contribution in [2.24, 2.45) is 5.41 Å². The van der Waals surface area contributed by atoms with E-state index in [4.69, 9.17) is 0 Å². The lowest BCUT2D eigenvalue weighted by molar-refractivity contribution is -0.139. The molecule has 2 rings (SSSR count). The lowest BCUT2D eigenvalue weighted by Gasteiger charge is -2.36. The van der Waals surface area contributed by atoms with Gasteiger partial charge in [-0.25, -0.2) is 4.79 Å². The van der Waals surface area contributed by atoms with Crippen molar-refractivity contribution in [3.05, 3.63) is 35.4 Å². The maximum absolute atomic E-state index is 12.3. The van der Waals surface area contributed by atoms with E-state index >= 15 is 0 Å². The fraction of sp³-hybridized carbons (Fsp3) is 0.467. The van der Waals surface area contributed by atoms with Gasteiger partial charge in [0.25, 0.3) is 0 Å². The highest BCUT2D eigenvalue weighted by Gasteiger charge is 2.40. The van der Waals surface area contributed by atoms with Crippen LogP contribution < -0.4 is 5.32 Å². The zero-order chi connectivity index (χ0) is 14.0. The first-order valence-electron chi connectivity index (χ1n) is 6.62. The van der Waals surface area contributed by atoms with Gasteiger partial charge >= 0.3 is 6.03 Å². The van der Waals surface area contributed by atoms with Crippen molar-refractivity contribution < 1.29 is 9.59 Å². The molecular formula is C15H20N2O2. The Morgan fingerprint density at radius 2 is 1.84 bits per heavy atom. The van der Waals surface area contributed by atoms with Gasteiger partial charge in [0.1, 0.15) is 0 Å². The molecule has 1 heterocycles. The molecule has 0 saturated carbocycles. The number of benzene rings is 1. The third-order valence-electron chi connectivity index (χ3n) is 3.58. The molecule has 0 atom stereocenters. The Bertz CT molecular complexity index is 509. The van der Waals surface area contributed by atoms with Gasteiger partial charge in [-0.2, -0.15) is 0 Å². The van der Waals surface area contributed by atoms with Gasteiger partial charge in [0.2, 0.25) is 5.91 Å². The summed E-state index contributed by atoms with van der Waals surface area (Å²) in [5.41, 5.74) is 1.67. The first-order valence-corrected chi connectivity index (χ1v) is 6.62. The van der Waals surface area contributed by atoms with Crippen LogP contribution in [0.5, 0.6) is 0 Å². The van der Waals surface area contributed by atoms with Crippen LogP contribution in [0.3, 0.4) is 0 Å². The van der Waals surface area contributed by atoms with Crippen molar-refractivity contribution in [1.29, 1.82) is 0 Å². The number of nitrogens with one attached hydrogen (secondary N) is 1. The number of amides is 3. The summed E-state index contributed by atoms with van der Waals surface area (Å²) in [5.74, 6) is -0.109. The molecule has 1 aliphatic rings. The van der Waals surface area contributed by atoms with E-state index in [1.807, 2.05) is 38.1 Å². The normalized spacial score (nSPS) is 18.4. The molecule has 1 aromatic rings. The summed E-state index contributed by atoms with van der Waals surface area (Å²) < 4.78 is 0. The van der Waals surface area contributed by atoms with Gasteiger partial charge in [-0.05, 0) is 31.4 Å². The minimum atomic E-state index is -0.533. The van der Waals surface area contributed by atoms with Crippen molar-refractivity contribution in [3.63, 3.8) is 0 Å². The van der Waals surface area contributed by atoms with Crippen LogP contribution in [0.1, 0.15) is 31.9 Å². The molecule has 0 aromatic heterocycles. The molecule has 0 unspecified atom stereocenters. The summed E-state index contributed by atoms with van der Waals surface area (Å²) in [6, 6.07) is 7.62. The van der Waals surface area contributed by atoms with E-state index in [-0.39, 0.29) is 11.9 Å². The van der Waals surface area contributed by atoms with Crippen molar-refractivity contribution >= 4 is 11.9 Å². The van der Waals surface area contributed by atoms with Crippen molar-refractivity contribution in [1.82, 2.24) is 10.2 Å². The van der Waals surface area contributed by atoms with Crippen LogP contribution in [0.15, 0.2) is 24.3 Å². The van der Waals surface area contributed by atoms with Gasteiger partial charge in [0.15, 0.2) is 0 Å². The van der Waals surface area contributed by atoms with Gasteiger partial charge in [-0.3, -0.25) is 9.69 Å². The van der Waals surface area contributed by atoms with E-state index in [0.29, 0.717) is 13.1 Å². The topological polar surface area (TPSA) is 49.4 Å². The Labute approximate surface area is 113 Å². The van der Waals surface area contributed by atoms with Gasteiger partial charge in [0.05, 0.1) is 12.0 Å². The second kappa shape index (κ2) is 5.03. The number of carbonyl (C=O) groups is 2. The first-order chi connectivity index (χ1) is 8.95. The Morgan fingerprint density at radius 3 is 2.47 bits per heavy atom. The molecule has 1 aromatic carbocycles. The fourth-order valence-corrected chi connectivity index (χ4v) is 2.30. The van der Waals surface area contributed by atoms with Gasteiger partial charge < -0.3 is 5.32 Å². The third-order valence-corrected chi connectivity index (χ3v) is 3.58. The Balaban J connectivity index is 2.26. The summed E-state index contributed by atoms with van der Waals surface area (Å²) in [6.45, 7) is 6.52. The predicted octanol–water partition coefficient (Wildman–Crippen LogP) is 2.33. The molecule has 0 bridgehead atoms. The van der Waals surface area contributed by atoms with Crippen LogP contribution >= 0.6 is 0 Å². The minimum absolute atomic E-state index is 0.109. The molecule has 1 aliphatic heterocycles. The maximum atomic E-state index is 12.3. The molecule has 1 N–H and O–H groups in total. The zero-order valence-corrected chi connectivity index (χ0v) is 11.7. The molecular weight excluding hydrogens is 240 g/mol. The molecule has 0 radical (unpaired) electrons. The predicted molar refractivity (Wildman–Crippen MR) is 73.5 cm³/mol. The highest BCUT2D eigenvalue weighted by Crippen LogP contribution is 2.24. The Kier molecular flexibility index (Phi) is 3.60. The van der Waals surface area contributed by atoms with Crippen molar-refractivity contribution in [3.8, 4) is 0 Å². The van der Waals surface area contributed by atoms with Crippen LogP contribution in [0.25, 0.3) is 0 Å². The highest BCUT2D eigenvalue weighted by molar-refractivity contribution is 5.99. The van der Waals surface area contributed by atoms with E-state index in [1.54, 1.807) is 0 Å². The van der Waals surface area contributed by atoms with E-state index in [2.05, 4.69) is 12.2 Å². The SMILES string of the molecule is CCc1ccccc1CN1C(=O)NCC(C)(C)C1=O. The van der Waals surface area contributed by atoms with E-state index in [0.717, 1.165) is 12.0 Å². The Morgan fingerprint density at radius 1 is 1.21 bits per heavy atom. The van der Waals surface area contributed by atoms with Crippen LogP contribution in [0.2, 0.25) is 0 Å². The monoisotopic (exact) mass is 260 g/mol. The molecule has 0 spiro atoms. The van der Waals surface area contributed by atoms with Crippen LogP contribution in [0.4, 0.5) is 4.79 Å². The smallest absolute Gasteiger partial charge is 0.324 e. The average molecular weight is 260 g/mol. The largest absolute Gasteiger partial charge is 0.337 e. The molecule has 4 heteroatoms. The lowest BCUT2D eigenvalue weighted by atomic mass is 9.89. The molecule has 3 amide bonds. The summed E-state index contributed by atoms with van der Waals surface area (Å²) in [5, 5.41) is 2.78. The highest BCUT2D eigenvalue weighted by atomic mass is 16.2. The van der Waals surface area contributed by atoms with E-state index in [9.17, 15) is 9.59 Å². The van der Waals surface area contributed by atoms with E-state index < -0.39 is 5.41 Å². The molecule has 1 fully saturated rings. The molecule has 0 aliphatic carbocycles. The molecule has 102 valence electrons. The van der Waals surface area contributed by atoms with Gasteiger partial charge in [0, 0.05) is 6.54 Å². The second-order valence-corrected chi connectivity index (χ2v) is 5.56. The van der Waals surface area contributed by atoms with Crippen molar-refractivity contribution in [2.75, 3.05) is 6.54 Å². The Hall–Kier alpha value is -1.84. The number of hydrogen-bond donors (Lipinski definition) is 1. The van der Waals surface area contributed by atoms with Crippen molar-refractivity contribution in [2.45, 2.75) is 33.7 Å². The lowest BCUT2D eigenvalue weighted by Crippen LogP contribution is -2.58. The summed E-state index contributed by atoms with van der Waals surface area (Å²) in [6.07, 6.45) is 0.892. The number of rotatable bonds is 3. The number of aryl methyl sites for hydroxylation is 1.